The summed E-state index contributed by atoms with van der Waals surface area (Å²) in [7, 11) is 0. The zero-order chi connectivity index (χ0) is 18.0. The van der Waals surface area contributed by atoms with Crippen molar-refractivity contribution in [3.05, 3.63) is 12.2 Å². The molecule has 2 amide bonds. The van der Waals surface area contributed by atoms with Crippen molar-refractivity contribution in [3.63, 3.8) is 0 Å². The van der Waals surface area contributed by atoms with Crippen LogP contribution in [-0.2, 0) is 14.4 Å². The van der Waals surface area contributed by atoms with Gasteiger partial charge in [0, 0.05) is 25.3 Å². The molecule has 2 heterocycles. The van der Waals surface area contributed by atoms with Crippen molar-refractivity contribution >= 4 is 17.8 Å². The number of rotatable bonds is 1. The number of aliphatic hydroxyl groups excluding tert-OH is 1. The summed E-state index contributed by atoms with van der Waals surface area (Å²) in [5, 5.41) is 22.1. The summed E-state index contributed by atoms with van der Waals surface area (Å²) < 4.78 is 0. The highest BCUT2D eigenvalue weighted by Crippen LogP contribution is 2.45. The highest BCUT2D eigenvalue weighted by molar-refractivity contribution is 5.94. The van der Waals surface area contributed by atoms with Crippen LogP contribution < -0.4 is 5.32 Å². The average Bonchev–Trinajstić information content (AvgIpc) is 3.11. The molecule has 0 aromatic carbocycles. The van der Waals surface area contributed by atoms with Crippen LogP contribution in [0.15, 0.2) is 12.2 Å². The van der Waals surface area contributed by atoms with Gasteiger partial charge >= 0.3 is 5.97 Å². The molecule has 0 aromatic rings. The van der Waals surface area contributed by atoms with Crippen molar-refractivity contribution in [2.45, 2.75) is 69.1 Å². The summed E-state index contributed by atoms with van der Waals surface area (Å²) >= 11 is 0. The minimum Gasteiger partial charge on any atom is -0.479 e. The first-order valence-electron chi connectivity index (χ1n) is 9.13. The van der Waals surface area contributed by atoms with E-state index in [0.29, 0.717) is 12.8 Å². The molecule has 4 unspecified atom stereocenters. The number of nitrogens with zero attached hydrogens (tertiary/aromatic N) is 1. The monoisotopic (exact) mass is 350 g/mol. The molecule has 1 saturated carbocycles. The normalized spacial score (nSPS) is 38.0. The van der Waals surface area contributed by atoms with E-state index in [0.717, 1.165) is 32.1 Å². The van der Waals surface area contributed by atoms with Crippen LogP contribution in [0.3, 0.4) is 0 Å². The molecule has 0 bridgehead atoms. The Balaban J connectivity index is 1.79. The Morgan fingerprint density at radius 2 is 2.00 bits per heavy atom. The fourth-order valence-corrected chi connectivity index (χ4v) is 3.90. The third-order valence-electron chi connectivity index (χ3n) is 5.52. The summed E-state index contributed by atoms with van der Waals surface area (Å²) in [4.78, 5) is 38.2. The van der Waals surface area contributed by atoms with Gasteiger partial charge in [0.05, 0.1) is 6.10 Å². The standard InChI is InChI=1S/C18H26N2O5/c21-13-9-14-16(23)19-18(17(24)25)10-12(18)7-5-3-1-2-4-6-8-15(22)20(14)11-13/h5,7,12-14,21H,1-4,6,8-11H2,(H,19,23)(H,24,25)/b7-5-. The Kier molecular flexibility index (Phi) is 5.13. The maximum atomic E-state index is 12.7. The molecule has 4 atom stereocenters. The van der Waals surface area contributed by atoms with E-state index < -0.39 is 29.6 Å². The van der Waals surface area contributed by atoms with E-state index in [4.69, 9.17) is 0 Å². The van der Waals surface area contributed by atoms with Crippen LogP contribution >= 0.6 is 0 Å². The lowest BCUT2D eigenvalue weighted by atomic mass is 10.1. The minimum absolute atomic E-state index is 0.138. The van der Waals surface area contributed by atoms with Gasteiger partial charge in [0.15, 0.2) is 0 Å². The zero-order valence-corrected chi connectivity index (χ0v) is 14.3. The highest BCUT2D eigenvalue weighted by Gasteiger charge is 2.61. The number of amides is 2. The van der Waals surface area contributed by atoms with Crippen molar-refractivity contribution in [1.29, 1.82) is 0 Å². The maximum Gasteiger partial charge on any atom is 0.330 e. The van der Waals surface area contributed by atoms with Gasteiger partial charge in [-0.1, -0.05) is 25.0 Å². The minimum atomic E-state index is -1.27. The van der Waals surface area contributed by atoms with Crippen molar-refractivity contribution in [1.82, 2.24) is 10.2 Å². The van der Waals surface area contributed by atoms with Gasteiger partial charge in [0.1, 0.15) is 11.6 Å². The van der Waals surface area contributed by atoms with E-state index in [2.05, 4.69) is 5.32 Å². The van der Waals surface area contributed by atoms with Gasteiger partial charge in [0.2, 0.25) is 11.8 Å². The largest absolute Gasteiger partial charge is 0.479 e. The van der Waals surface area contributed by atoms with Crippen LogP contribution in [0.5, 0.6) is 0 Å². The second kappa shape index (κ2) is 7.15. The Bertz CT molecular complexity index is 590. The lowest BCUT2D eigenvalue weighted by Crippen LogP contribution is -2.53. The first-order chi connectivity index (χ1) is 11.9. The summed E-state index contributed by atoms with van der Waals surface area (Å²) in [6, 6.07) is -0.783. The molecule has 7 heteroatoms. The first-order valence-corrected chi connectivity index (χ1v) is 9.13. The van der Waals surface area contributed by atoms with Crippen LogP contribution in [0.2, 0.25) is 0 Å². The molecule has 7 nitrogen and oxygen atoms in total. The molecule has 0 aromatic heterocycles. The number of carbonyl (C=O) groups is 3. The Hall–Kier alpha value is -1.89. The number of carbonyl (C=O) groups excluding carboxylic acids is 2. The van der Waals surface area contributed by atoms with Crippen LogP contribution in [0.4, 0.5) is 0 Å². The van der Waals surface area contributed by atoms with E-state index in [1.165, 1.54) is 4.90 Å². The van der Waals surface area contributed by atoms with Crippen molar-refractivity contribution in [3.8, 4) is 0 Å². The summed E-state index contributed by atoms with van der Waals surface area (Å²) in [5.74, 6) is -1.87. The molecule has 25 heavy (non-hydrogen) atoms. The highest BCUT2D eigenvalue weighted by atomic mass is 16.4. The van der Waals surface area contributed by atoms with E-state index in [1.54, 1.807) is 0 Å². The molecular formula is C18H26N2O5. The number of nitrogens with one attached hydrogen (secondary N) is 1. The predicted octanol–water partition coefficient (Wildman–Crippen LogP) is 0.818. The van der Waals surface area contributed by atoms with E-state index in [1.807, 2.05) is 12.2 Å². The zero-order valence-electron chi connectivity index (χ0n) is 14.3. The fourth-order valence-electron chi connectivity index (χ4n) is 3.90. The molecule has 1 aliphatic carbocycles. The van der Waals surface area contributed by atoms with Crippen molar-refractivity contribution < 1.29 is 24.6 Å². The van der Waals surface area contributed by atoms with Crippen LogP contribution in [0, 0.1) is 5.92 Å². The van der Waals surface area contributed by atoms with Gasteiger partial charge in [0.25, 0.3) is 0 Å². The molecule has 0 radical (unpaired) electrons. The Morgan fingerprint density at radius 1 is 1.24 bits per heavy atom. The third kappa shape index (κ3) is 3.71. The fraction of sp³-hybridized carbons (Fsp3) is 0.722. The number of aliphatic carboxylic acids is 1. The number of allylic oxidation sites excluding steroid dienone is 1. The third-order valence-corrected chi connectivity index (χ3v) is 5.52. The van der Waals surface area contributed by atoms with Crippen LogP contribution in [0.25, 0.3) is 0 Å². The quantitative estimate of drug-likeness (QED) is 0.607. The first kappa shape index (κ1) is 17.9. The maximum absolute atomic E-state index is 12.7. The molecule has 2 fully saturated rings. The number of carboxylic acid groups (broad SMARTS) is 1. The van der Waals surface area contributed by atoms with Crippen LogP contribution in [0.1, 0.15) is 51.4 Å². The molecule has 3 N–H and O–H groups in total. The molecule has 3 aliphatic rings. The van der Waals surface area contributed by atoms with Crippen molar-refractivity contribution in [2.75, 3.05) is 6.54 Å². The topological polar surface area (TPSA) is 107 Å². The number of aliphatic hydroxyl groups is 1. The van der Waals surface area contributed by atoms with E-state index >= 15 is 0 Å². The molecule has 0 spiro atoms. The van der Waals surface area contributed by atoms with Crippen molar-refractivity contribution in [2.24, 2.45) is 5.92 Å². The molecule has 2 aliphatic heterocycles. The Morgan fingerprint density at radius 3 is 2.76 bits per heavy atom. The summed E-state index contributed by atoms with van der Waals surface area (Å²) in [6.45, 7) is 0.139. The van der Waals surface area contributed by atoms with E-state index in [9.17, 15) is 24.6 Å². The van der Waals surface area contributed by atoms with Gasteiger partial charge in [-0.25, -0.2) is 4.79 Å². The van der Waals surface area contributed by atoms with Gasteiger partial charge < -0.3 is 20.4 Å². The second-order valence-corrected chi connectivity index (χ2v) is 7.41. The lowest BCUT2D eigenvalue weighted by molar-refractivity contribution is -0.145. The van der Waals surface area contributed by atoms with Gasteiger partial charge in [-0.15, -0.1) is 0 Å². The molecule has 3 rings (SSSR count). The van der Waals surface area contributed by atoms with Crippen LogP contribution in [-0.4, -0.2) is 57.1 Å². The number of carboxylic acids is 1. The summed E-state index contributed by atoms with van der Waals surface area (Å²) in [5.41, 5.74) is -1.27. The Labute approximate surface area is 147 Å². The smallest absolute Gasteiger partial charge is 0.330 e. The lowest BCUT2D eigenvalue weighted by Gasteiger charge is -2.25. The van der Waals surface area contributed by atoms with E-state index in [-0.39, 0.29) is 24.8 Å². The average molecular weight is 350 g/mol. The number of fused-ring (bicyclic) bond motifs is 2. The van der Waals surface area contributed by atoms with Gasteiger partial charge in [-0.3, -0.25) is 9.59 Å². The SMILES string of the molecule is O=C1NC2(C(=O)O)CC2/C=C\CCCCCCC(=O)N2CC(O)CC12. The predicted molar refractivity (Wildman–Crippen MR) is 89.6 cm³/mol. The molecule has 1 saturated heterocycles. The van der Waals surface area contributed by atoms with Gasteiger partial charge in [-0.05, 0) is 25.7 Å². The second-order valence-electron chi connectivity index (χ2n) is 7.41. The molecular weight excluding hydrogens is 324 g/mol. The number of hydrogen-bond acceptors (Lipinski definition) is 4. The van der Waals surface area contributed by atoms with Gasteiger partial charge in [-0.2, -0.15) is 0 Å². The molecule has 138 valence electrons. The number of hydrogen-bond donors (Lipinski definition) is 3. The summed E-state index contributed by atoms with van der Waals surface area (Å²) in [6.07, 6.45) is 8.67.